The average molecular weight is 436 g/mol. The number of carbonyl (C=O) groups is 1. The van der Waals surface area contributed by atoms with Crippen molar-refractivity contribution in [3.63, 3.8) is 0 Å². The van der Waals surface area contributed by atoms with E-state index in [-0.39, 0.29) is 31.7 Å². The van der Waals surface area contributed by atoms with Crippen molar-refractivity contribution in [2.75, 3.05) is 18.0 Å². The third-order valence-corrected chi connectivity index (χ3v) is 5.69. The van der Waals surface area contributed by atoms with E-state index in [2.05, 4.69) is 5.32 Å². The first-order valence-electron chi connectivity index (χ1n) is 7.52. The maximum atomic E-state index is 12.5. The van der Waals surface area contributed by atoms with Crippen LogP contribution < -0.4 is 14.4 Å². The van der Waals surface area contributed by atoms with Crippen LogP contribution in [0.25, 0.3) is 0 Å². The summed E-state index contributed by atoms with van der Waals surface area (Å²) in [7, 11) is -4.16. The molecule has 1 saturated heterocycles. The first-order valence-corrected chi connectivity index (χ1v) is 10.1. The number of amides is 2. The number of anilines is 1. The van der Waals surface area contributed by atoms with Crippen molar-refractivity contribution >= 4 is 56.6 Å². The molecule has 26 heavy (non-hydrogen) atoms. The minimum absolute atomic E-state index is 0.0207. The monoisotopic (exact) mass is 434 g/mol. The Kier molecular flexibility index (Phi) is 5.53. The lowest BCUT2D eigenvalue weighted by atomic mass is 10.2. The van der Waals surface area contributed by atoms with Crippen LogP contribution in [-0.2, 0) is 10.1 Å². The van der Waals surface area contributed by atoms with Crippen molar-refractivity contribution in [1.82, 2.24) is 5.32 Å². The molecule has 3 rings (SSSR count). The summed E-state index contributed by atoms with van der Waals surface area (Å²) in [5, 5.41) is 2.95. The number of nitrogens with one attached hydrogen (secondary N) is 1. The Morgan fingerprint density at radius 1 is 1.04 bits per heavy atom. The molecule has 0 aliphatic carbocycles. The van der Waals surface area contributed by atoms with Crippen LogP contribution in [0.5, 0.6) is 5.75 Å². The van der Waals surface area contributed by atoms with Gasteiger partial charge in [0, 0.05) is 23.8 Å². The predicted molar refractivity (Wildman–Crippen MR) is 101 cm³/mol. The molecule has 2 aromatic carbocycles. The highest BCUT2D eigenvalue weighted by molar-refractivity contribution is 7.87. The molecule has 0 aromatic heterocycles. The fraction of sp³-hybridized carbons (Fsp3) is 0.188. The Morgan fingerprint density at radius 2 is 1.65 bits per heavy atom. The molecule has 1 heterocycles. The molecule has 10 heteroatoms. The predicted octanol–water partition coefficient (Wildman–Crippen LogP) is 4.33. The molecule has 138 valence electrons. The second-order valence-electron chi connectivity index (χ2n) is 5.47. The van der Waals surface area contributed by atoms with Crippen LogP contribution in [0.2, 0.25) is 15.1 Å². The largest absolute Gasteiger partial charge is 0.376 e. The summed E-state index contributed by atoms with van der Waals surface area (Å²) in [6, 6.07) is 8.21. The zero-order valence-corrected chi connectivity index (χ0v) is 16.3. The van der Waals surface area contributed by atoms with Gasteiger partial charge >= 0.3 is 16.1 Å². The molecule has 1 N–H and O–H groups in total. The van der Waals surface area contributed by atoms with Gasteiger partial charge < -0.3 is 9.50 Å². The van der Waals surface area contributed by atoms with E-state index in [9.17, 15) is 13.2 Å². The molecular weight excluding hydrogens is 423 g/mol. The van der Waals surface area contributed by atoms with Crippen molar-refractivity contribution in [2.45, 2.75) is 11.3 Å². The van der Waals surface area contributed by atoms with Crippen LogP contribution in [0.3, 0.4) is 0 Å². The molecule has 0 unspecified atom stereocenters. The fourth-order valence-corrected chi connectivity index (χ4v) is 4.39. The van der Waals surface area contributed by atoms with Crippen molar-refractivity contribution in [3.8, 4) is 5.75 Å². The van der Waals surface area contributed by atoms with Crippen molar-refractivity contribution in [2.24, 2.45) is 0 Å². The number of carbonyl (C=O) groups excluding carboxylic acids is 1. The van der Waals surface area contributed by atoms with Crippen LogP contribution in [0.4, 0.5) is 10.5 Å². The molecular formula is C16H13Cl3N2O4S. The van der Waals surface area contributed by atoms with Gasteiger partial charge in [-0.2, -0.15) is 8.42 Å². The van der Waals surface area contributed by atoms with Crippen LogP contribution in [0.1, 0.15) is 6.42 Å². The summed E-state index contributed by atoms with van der Waals surface area (Å²) in [5.74, 6) is -0.197. The highest BCUT2D eigenvalue weighted by atomic mass is 35.5. The van der Waals surface area contributed by atoms with Crippen molar-refractivity contribution in [3.05, 3.63) is 51.5 Å². The second kappa shape index (κ2) is 7.52. The molecule has 2 aromatic rings. The van der Waals surface area contributed by atoms with Crippen LogP contribution in [0, 0.1) is 0 Å². The minimum Gasteiger partial charge on any atom is -0.376 e. The van der Waals surface area contributed by atoms with E-state index in [4.69, 9.17) is 39.0 Å². The molecule has 1 aliphatic rings. The molecule has 0 atom stereocenters. The first-order chi connectivity index (χ1) is 12.3. The average Bonchev–Trinajstić information content (AvgIpc) is 2.59. The molecule has 0 radical (unpaired) electrons. The number of halogens is 3. The Morgan fingerprint density at radius 3 is 2.23 bits per heavy atom. The summed E-state index contributed by atoms with van der Waals surface area (Å²) in [6.07, 6.45) is 0.808. The van der Waals surface area contributed by atoms with Crippen LogP contribution in [0.15, 0.2) is 41.3 Å². The normalized spacial score (nSPS) is 14.9. The van der Waals surface area contributed by atoms with Gasteiger partial charge in [-0.3, -0.25) is 4.90 Å². The van der Waals surface area contributed by atoms with E-state index in [1.165, 1.54) is 41.3 Å². The summed E-state index contributed by atoms with van der Waals surface area (Å²) in [5.41, 5.74) is 0.587. The summed E-state index contributed by atoms with van der Waals surface area (Å²) in [4.78, 5) is 13.3. The van der Waals surface area contributed by atoms with Gasteiger partial charge in [0.05, 0.1) is 10.0 Å². The van der Waals surface area contributed by atoms with E-state index >= 15 is 0 Å². The number of benzene rings is 2. The molecule has 6 nitrogen and oxygen atoms in total. The lowest BCUT2D eigenvalue weighted by Gasteiger charge is -2.27. The summed E-state index contributed by atoms with van der Waals surface area (Å²) < 4.78 is 30.0. The Balaban J connectivity index is 1.85. The quantitative estimate of drug-likeness (QED) is 0.725. The van der Waals surface area contributed by atoms with E-state index in [1.807, 2.05) is 0 Å². The zero-order chi connectivity index (χ0) is 18.9. The molecule has 1 aliphatic heterocycles. The number of hydrogen-bond acceptors (Lipinski definition) is 4. The van der Waals surface area contributed by atoms with Crippen LogP contribution in [-0.4, -0.2) is 27.5 Å². The van der Waals surface area contributed by atoms with E-state index in [1.54, 1.807) is 0 Å². The number of urea groups is 1. The third kappa shape index (κ3) is 4.01. The second-order valence-corrected chi connectivity index (χ2v) is 8.26. The molecule has 0 spiro atoms. The third-order valence-electron chi connectivity index (χ3n) is 3.67. The lowest BCUT2D eigenvalue weighted by Crippen LogP contribution is -2.46. The van der Waals surface area contributed by atoms with Gasteiger partial charge in [0.1, 0.15) is 4.90 Å². The van der Waals surface area contributed by atoms with Gasteiger partial charge in [-0.15, -0.1) is 0 Å². The number of hydrogen-bond donors (Lipinski definition) is 1. The first kappa shape index (κ1) is 19.1. The van der Waals surface area contributed by atoms with Gasteiger partial charge in [-0.05, 0) is 42.8 Å². The maximum absolute atomic E-state index is 12.5. The molecule has 2 amide bonds. The zero-order valence-electron chi connectivity index (χ0n) is 13.2. The Hall–Kier alpha value is -1.67. The van der Waals surface area contributed by atoms with Crippen LogP contribution >= 0.6 is 34.8 Å². The van der Waals surface area contributed by atoms with E-state index < -0.39 is 10.1 Å². The molecule has 0 saturated carbocycles. The number of nitrogens with zero attached hydrogens (tertiary/aromatic N) is 1. The SMILES string of the molecule is O=C1NCCCN1c1ccc(S(=O)(=O)Oc2c(Cl)cc(Cl)cc2Cl)cc1. The molecule has 0 bridgehead atoms. The van der Waals surface area contributed by atoms with E-state index in [0.717, 1.165) is 6.42 Å². The highest BCUT2D eigenvalue weighted by Crippen LogP contribution is 2.37. The number of rotatable bonds is 4. The van der Waals surface area contributed by atoms with Crippen molar-refractivity contribution < 1.29 is 17.4 Å². The maximum Gasteiger partial charge on any atom is 0.339 e. The Bertz CT molecular complexity index is 925. The van der Waals surface area contributed by atoms with Gasteiger partial charge in [-0.1, -0.05) is 34.8 Å². The van der Waals surface area contributed by atoms with Crippen molar-refractivity contribution in [1.29, 1.82) is 0 Å². The standard InChI is InChI=1S/C16H13Cl3N2O4S/c17-10-8-13(18)15(14(19)9-10)25-26(23,24)12-4-2-11(3-5-12)21-7-1-6-20-16(21)22/h2-5,8-9H,1,6-7H2,(H,20,22). The van der Waals surface area contributed by atoms with E-state index in [0.29, 0.717) is 18.8 Å². The summed E-state index contributed by atoms with van der Waals surface area (Å²) >= 11 is 17.7. The topological polar surface area (TPSA) is 75.7 Å². The fourth-order valence-electron chi connectivity index (χ4n) is 2.43. The molecule has 1 fully saturated rings. The Labute approximate surface area is 165 Å². The van der Waals surface area contributed by atoms with Gasteiger partial charge in [0.15, 0.2) is 5.75 Å². The minimum atomic E-state index is -4.16. The lowest BCUT2D eigenvalue weighted by molar-refractivity contribution is 0.243. The highest BCUT2D eigenvalue weighted by Gasteiger charge is 2.23. The summed E-state index contributed by atoms with van der Waals surface area (Å²) in [6.45, 7) is 1.18. The van der Waals surface area contributed by atoms with Gasteiger partial charge in [0.2, 0.25) is 0 Å². The smallest absolute Gasteiger partial charge is 0.339 e. The van der Waals surface area contributed by atoms with Gasteiger partial charge in [-0.25, -0.2) is 4.79 Å². The van der Waals surface area contributed by atoms with Gasteiger partial charge in [0.25, 0.3) is 0 Å².